The van der Waals surface area contributed by atoms with Gasteiger partial charge in [-0.3, -0.25) is 9.97 Å². The quantitative estimate of drug-likeness (QED) is 0.425. The summed E-state index contributed by atoms with van der Waals surface area (Å²) in [7, 11) is 0. The molecule has 2 atom stereocenters. The van der Waals surface area contributed by atoms with Crippen LogP contribution in [0.5, 0.6) is 0 Å². The molecule has 5 nitrogen and oxygen atoms in total. The van der Waals surface area contributed by atoms with Crippen molar-refractivity contribution in [2.75, 3.05) is 0 Å². The van der Waals surface area contributed by atoms with Gasteiger partial charge in [0.25, 0.3) is 0 Å². The van der Waals surface area contributed by atoms with Gasteiger partial charge >= 0.3 is 0 Å². The molecule has 0 bridgehead atoms. The van der Waals surface area contributed by atoms with Crippen molar-refractivity contribution in [2.24, 2.45) is 0 Å². The molecule has 138 valence electrons. The molecular weight excluding hydrogens is 469 g/mol. The molecule has 0 saturated carbocycles. The van der Waals surface area contributed by atoms with Crippen molar-refractivity contribution >= 4 is 39.9 Å². The van der Waals surface area contributed by atoms with E-state index in [0.717, 1.165) is 16.5 Å². The third-order valence-corrected chi connectivity index (χ3v) is 6.64. The van der Waals surface area contributed by atoms with E-state index in [2.05, 4.69) is 67.7 Å². The molecule has 0 aliphatic carbocycles. The fourth-order valence-corrected chi connectivity index (χ4v) is 4.84. The Morgan fingerprint density at radius 1 is 1.07 bits per heavy atom. The van der Waals surface area contributed by atoms with Crippen LogP contribution in [0, 0.1) is 17.4 Å². The Bertz CT molecular complexity index is 957. The van der Waals surface area contributed by atoms with E-state index in [1.165, 1.54) is 20.5 Å². The summed E-state index contributed by atoms with van der Waals surface area (Å²) in [6.07, 6.45) is 3.65. The summed E-state index contributed by atoms with van der Waals surface area (Å²) in [5, 5.41) is 4.23. The molecule has 0 aromatic carbocycles. The highest BCUT2D eigenvalue weighted by Crippen LogP contribution is 2.42. The zero-order valence-corrected chi connectivity index (χ0v) is 18.1. The fourth-order valence-electron chi connectivity index (χ4n) is 3.68. The predicted molar refractivity (Wildman–Crippen MR) is 118 cm³/mol. The van der Waals surface area contributed by atoms with Gasteiger partial charge in [-0.15, -0.1) is 0 Å². The first-order valence-corrected chi connectivity index (χ1v) is 10.3. The molecule has 27 heavy (non-hydrogen) atoms. The number of nitrogens with zero attached hydrogens (tertiary/aromatic N) is 3. The van der Waals surface area contributed by atoms with Crippen molar-refractivity contribution in [3.8, 4) is 0 Å². The minimum absolute atomic E-state index is 0.00942. The van der Waals surface area contributed by atoms with Crippen LogP contribution in [0.2, 0.25) is 0 Å². The van der Waals surface area contributed by atoms with Gasteiger partial charge in [0.1, 0.15) is 0 Å². The minimum atomic E-state index is -0.00942. The maximum Gasteiger partial charge on any atom is 0.170 e. The van der Waals surface area contributed by atoms with Gasteiger partial charge in [0.05, 0.1) is 30.0 Å². The number of pyridine rings is 2. The van der Waals surface area contributed by atoms with Crippen LogP contribution in [0.15, 0.2) is 48.8 Å². The van der Waals surface area contributed by atoms with Crippen LogP contribution in [0.25, 0.3) is 0 Å². The first-order valence-electron chi connectivity index (χ1n) is 8.79. The second-order valence-corrected chi connectivity index (χ2v) is 8.14. The average molecular weight is 489 g/mol. The Kier molecular flexibility index (Phi) is 5.14. The predicted octanol–water partition coefficient (Wildman–Crippen LogP) is 4.20. The lowest BCUT2D eigenvalue weighted by atomic mass is 9.96. The van der Waals surface area contributed by atoms with E-state index in [1.54, 1.807) is 0 Å². The summed E-state index contributed by atoms with van der Waals surface area (Å²) in [5.74, 6) is 0. The van der Waals surface area contributed by atoms with Gasteiger partial charge in [-0.1, -0.05) is 12.1 Å². The molecule has 0 amide bonds. The largest absolute Gasteiger partial charge is 0.362 e. The van der Waals surface area contributed by atoms with E-state index < -0.39 is 0 Å². The van der Waals surface area contributed by atoms with E-state index in [1.807, 2.05) is 42.7 Å². The highest BCUT2D eigenvalue weighted by atomic mass is 127. The molecule has 1 saturated heterocycles. The maximum absolute atomic E-state index is 5.73. The van der Waals surface area contributed by atoms with Crippen molar-refractivity contribution in [1.82, 2.24) is 25.2 Å². The normalized spacial score (nSPS) is 19.4. The third-order valence-electron chi connectivity index (χ3n) is 4.90. The van der Waals surface area contributed by atoms with Crippen LogP contribution in [-0.4, -0.2) is 25.0 Å². The Morgan fingerprint density at radius 2 is 1.81 bits per heavy atom. The lowest BCUT2D eigenvalue weighted by Gasteiger charge is -2.28. The topological polar surface area (TPSA) is 56.8 Å². The smallest absolute Gasteiger partial charge is 0.170 e. The van der Waals surface area contributed by atoms with Crippen LogP contribution < -0.4 is 5.32 Å². The number of H-pyrrole nitrogens is 1. The highest BCUT2D eigenvalue weighted by Gasteiger charge is 2.42. The third kappa shape index (κ3) is 3.45. The molecule has 4 rings (SSSR count). The number of thiocarbonyl (C=S) groups is 1. The zero-order valence-electron chi connectivity index (χ0n) is 15.1. The molecule has 3 aromatic heterocycles. The van der Waals surface area contributed by atoms with Crippen LogP contribution in [0.4, 0.5) is 0 Å². The number of hydrogen-bond acceptors (Lipinski definition) is 3. The Hall–Kier alpha value is -2.00. The van der Waals surface area contributed by atoms with Crippen molar-refractivity contribution in [1.29, 1.82) is 0 Å². The van der Waals surface area contributed by atoms with Crippen LogP contribution >= 0.6 is 34.8 Å². The summed E-state index contributed by atoms with van der Waals surface area (Å²) in [6.45, 7) is 4.89. The Balaban J connectivity index is 1.80. The van der Waals surface area contributed by atoms with E-state index >= 15 is 0 Å². The number of hydrogen-bond donors (Lipinski definition) is 2. The van der Waals surface area contributed by atoms with Crippen LogP contribution in [0.1, 0.15) is 40.4 Å². The SMILES string of the molecule is Cc1[nH]c(C)c([C@H]2[C@@H](c3ccccn3)NC(=S)N2Cc2ccccn2)c1I. The fraction of sp³-hybridized carbons (Fsp3) is 0.250. The van der Waals surface area contributed by atoms with Gasteiger partial charge in [-0.05, 0) is 72.9 Å². The standard InChI is InChI=1S/C20H20IN5S/c1-12-16(17(21)13(2)24-12)19-18(15-8-4-6-10-23-15)25-20(27)26(19)11-14-7-3-5-9-22-14/h3-10,18-19,24H,11H2,1-2H3,(H,25,27)/t18-,19+/m1/s1. The lowest BCUT2D eigenvalue weighted by molar-refractivity contribution is 0.306. The van der Waals surface area contributed by atoms with Crippen LogP contribution in [-0.2, 0) is 6.54 Å². The first kappa shape index (κ1) is 18.4. The van der Waals surface area contributed by atoms with Gasteiger partial charge in [-0.25, -0.2) is 0 Å². The molecule has 3 aromatic rings. The maximum atomic E-state index is 5.73. The zero-order chi connectivity index (χ0) is 19.0. The van der Waals surface area contributed by atoms with E-state index in [9.17, 15) is 0 Å². The molecule has 7 heteroatoms. The van der Waals surface area contributed by atoms with E-state index in [4.69, 9.17) is 12.2 Å². The van der Waals surface area contributed by atoms with Gasteiger partial charge in [0.2, 0.25) is 0 Å². The monoisotopic (exact) mass is 489 g/mol. The molecule has 1 aliphatic heterocycles. The minimum Gasteiger partial charge on any atom is -0.362 e. The molecule has 0 radical (unpaired) electrons. The van der Waals surface area contributed by atoms with Gasteiger partial charge in [-0.2, -0.15) is 0 Å². The van der Waals surface area contributed by atoms with E-state index in [-0.39, 0.29) is 12.1 Å². The summed E-state index contributed by atoms with van der Waals surface area (Å²) in [5.41, 5.74) is 5.60. The molecule has 4 heterocycles. The summed E-state index contributed by atoms with van der Waals surface area (Å²) >= 11 is 8.16. The van der Waals surface area contributed by atoms with Crippen LogP contribution in [0.3, 0.4) is 0 Å². The Morgan fingerprint density at radius 3 is 2.41 bits per heavy atom. The number of rotatable bonds is 4. The number of aromatic nitrogens is 3. The summed E-state index contributed by atoms with van der Waals surface area (Å²) in [4.78, 5) is 14.8. The lowest BCUT2D eigenvalue weighted by Crippen LogP contribution is -2.29. The number of aryl methyl sites for hydroxylation is 2. The number of nitrogens with one attached hydrogen (secondary N) is 2. The second kappa shape index (κ2) is 7.55. The Labute approximate surface area is 177 Å². The van der Waals surface area contributed by atoms with Crippen molar-refractivity contribution in [3.05, 3.63) is 80.7 Å². The molecule has 0 spiro atoms. The van der Waals surface area contributed by atoms with Gasteiger partial charge in [0, 0.05) is 32.9 Å². The average Bonchev–Trinajstić information content (AvgIpc) is 3.12. The highest BCUT2D eigenvalue weighted by molar-refractivity contribution is 14.1. The molecule has 0 unspecified atom stereocenters. The number of aromatic amines is 1. The van der Waals surface area contributed by atoms with Crippen molar-refractivity contribution < 1.29 is 0 Å². The molecular formula is C20H20IN5S. The number of halogens is 1. The second-order valence-electron chi connectivity index (χ2n) is 6.68. The van der Waals surface area contributed by atoms with Gasteiger partial charge in [0.15, 0.2) is 5.11 Å². The van der Waals surface area contributed by atoms with E-state index in [0.29, 0.717) is 6.54 Å². The first-order chi connectivity index (χ1) is 13.1. The summed E-state index contributed by atoms with van der Waals surface area (Å²) < 4.78 is 1.24. The molecule has 2 N–H and O–H groups in total. The van der Waals surface area contributed by atoms with Crippen molar-refractivity contribution in [2.45, 2.75) is 32.5 Å². The van der Waals surface area contributed by atoms with Gasteiger partial charge < -0.3 is 15.2 Å². The van der Waals surface area contributed by atoms with Crippen molar-refractivity contribution in [3.63, 3.8) is 0 Å². The molecule has 1 fully saturated rings. The molecule has 1 aliphatic rings. The summed E-state index contributed by atoms with van der Waals surface area (Å²) in [6, 6.07) is 12.0.